The van der Waals surface area contributed by atoms with Crippen LogP contribution in [0.3, 0.4) is 0 Å². The molecule has 0 aliphatic carbocycles. The summed E-state index contributed by atoms with van der Waals surface area (Å²) in [4.78, 5) is 2.44. The minimum Gasteiger partial charge on any atom is -0.467 e. The molecule has 28 heavy (non-hydrogen) atoms. The van der Waals surface area contributed by atoms with Crippen LogP contribution in [0.1, 0.15) is 16.7 Å². The number of piperazine rings is 1. The van der Waals surface area contributed by atoms with Gasteiger partial charge in [-0.15, -0.1) is 0 Å². The van der Waals surface area contributed by atoms with Gasteiger partial charge in [0.1, 0.15) is 11.6 Å². The lowest BCUT2D eigenvalue weighted by atomic mass is 10.1. The third kappa shape index (κ3) is 3.91. The summed E-state index contributed by atoms with van der Waals surface area (Å²) in [5.41, 5.74) is 2.50. The van der Waals surface area contributed by atoms with E-state index in [2.05, 4.69) is 4.90 Å². The van der Waals surface area contributed by atoms with Crippen molar-refractivity contribution < 1.29 is 22.3 Å². The van der Waals surface area contributed by atoms with Gasteiger partial charge in [0.25, 0.3) is 0 Å². The summed E-state index contributed by atoms with van der Waals surface area (Å²) in [6, 6.07) is 9.83. The number of halogens is 1. The molecule has 1 fully saturated rings. The quantitative estimate of drug-likeness (QED) is 0.781. The molecule has 8 heteroatoms. The smallest absolute Gasteiger partial charge is 0.243 e. The van der Waals surface area contributed by atoms with Gasteiger partial charge in [-0.3, -0.25) is 4.90 Å². The van der Waals surface area contributed by atoms with E-state index >= 15 is 0 Å². The monoisotopic (exact) mass is 406 g/mol. The first-order valence-electron chi connectivity index (χ1n) is 9.24. The summed E-state index contributed by atoms with van der Waals surface area (Å²) in [6.45, 7) is 4.89. The predicted molar refractivity (Wildman–Crippen MR) is 102 cm³/mol. The van der Waals surface area contributed by atoms with Gasteiger partial charge >= 0.3 is 0 Å². The lowest BCUT2D eigenvalue weighted by Crippen LogP contribution is -2.48. The highest BCUT2D eigenvalue weighted by molar-refractivity contribution is 7.89. The first-order chi connectivity index (χ1) is 13.4. The second kappa shape index (κ2) is 7.79. The Bertz CT molecular complexity index is 955. The maximum absolute atomic E-state index is 13.9. The molecule has 0 N–H and O–H groups in total. The summed E-state index contributed by atoms with van der Waals surface area (Å²) in [7, 11) is -3.49. The molecule has 0 saturated carbocycles. The Morgan fingerprint density at radius 3 is 2.50 bits per heavy atom. The van der Waals surface area contributed by atoms with Gasteiger partial charge in [0.15, 0.2) is 6.79 Å². The Morgan fingerprint density at radius 2 is 1.79 bits per heavy atom. The average molecular weight is 406 g/mol. The Labute approximate surface area is 164 Å². The van der Waals surface area contributed by atoms with Crippen LogP contribution in [-0.2, 0) is 27.9 Å². The van der Waals surface area contributed by atoms with Crippen LogP contribution >= 0.6 is 0 Å². The van der Waals surface area contributed by atoms with Crippen LogP contribution in [0.5, 0.6) is 5.75 Å². The molecule has 2 aromatic carbocycles. The van der Waals surface area contributed by atoms with Crippen molar-refractivity contribution in [2.75, 3.05) is 33.0 Å². The third-order valence-corrected chi connectivity index (χ3v) is 7.05. The molecule has 150 valence electrons. The van der Waals surface area contributed by atoms with Crippen LogP contribution < -0.4 is 4.74 Å². The second-order valence-corrected chi connectivity index (χ2v) is 9.10. The number of rotatable bonds is 4. The first-order valence-corrected chi connectivity index (χ1v) is 10.7. The highest BCUT2D eigenvalue weighted by Crippen LogP contribution is 2.30. The third-order valence-electron chi connectivity index (χ3n) is 5.14. The van der Waals surface area contributed by atoms with Crippen LogP contribution in [0.25, 0.3) is 0 Å². The molecule has 0 atom stereocenters. The highest BCUT2D eigenvalue weighted by atomic mass is 32.2. The van der Waals surface area contributed by atoms with E-state index in [0.29, 0.717) is 55.5 Å². The zero-order chi connectivity index (χ0) is 19.7. The molecule has 2 heterocycles. The van der Waals surface area contributed by atoms with Crippen molar-refractivity contribution in [3.8, 4) is 5.75 Å². The fourth-order valence-electron chi connectivity index (χ4n) is 3.60. The van der Waals surface area contributed by atoms with Gasteiger partial charge in [0.2, 0.25) is 10.0 Å². The van der Waals surface area contributed by atoms with Gasteiger partial charge in [-0.2, -0.15) is 4.31 Å². The van der Waals surface area contributed by atoms with Crippen molar-refractivity contribution in [1.29, 1.82) is 0 Å². The fourth-order valence-corrected chi connectivity index (χ4v) is 5.02. The van der Waals surface area contributed by atoms with Gasteiger partial charge < -0.3 is 9.47 Å². The lowest BCUT2D eigenvalue weighted by molar-refractivity contribution is -0.0178. The topological polar surface area (TPSA) is 59.1 Å². The molecule has 0 aromatic heterocycles. The van der Waals surface area contributed by atoms with Gasteiger partial charge in [-0.05, 0) is 31.2 Å². The van der Waals surface area contributed by atoms with Crippen molar-refractivity contribution in [2.45, 2.75) is 25.0 Å². The zero-order valence-electron chi connectivity index (χ0n) is 15.7. The minimum atomic E-state index is -3.49. The van der Waals surface area contributed by atoms with Crippen molar-refractivity contribution in [3.63, 3.8) is 0 Å². The Hall–Kier alpha value is -2.00. The van der Waals surface area contributed by atoms with Gasteiger partial charge in [0, 0.05) is 43.9 Å². The highest BCUT2D eigenvalue weighted by Gasteiger charge is 2.29. The number of hydrogen-bond acceptors (Lipinski definition) is 5. The van der Waals surface area contributed by atoms with E-state index in [0.717, 1.165) is 11.1 Å². The second-order valence-electron chi connectivity index (χ2n) is 7.16. The predicted octanol–water partition coefficient (Wildman–Crippen LogP) is 2.51. The molecule has 0 amide bonds. The van der Waals surface area contributed by atoms with Crippen molar-refractivity contribution in [1.82, 2.24) is 9.21 Å². The van der Waals surface area contributed by atoms with E-state index in [1.807, 2.05) is 6.92 Å². The van der Waals surface area contributed by atoms with Crippen LogP contribution in [0.15, 0.2) is 41.3 Å². The SMILES string of the molecule is Cc1ccc(S(=O)(=O)N2CCN(Cc3cc(F)cc4c3OCOC4)CC2)cc1. The number of fused-ring (bicyclic) bond motifs is 1. The largest absolute Gasteiger partial charge is 0.467 e. The van der Waals surface area contributed by atoms with Gasteiger partial charge in [-0.1, -0.05) is 17.7 Å². The van der Waals surface area contributed by atoms with E-state index in [9.17, 15) is 12.8 Å². The standard InChI is InChI=1S/C20H23FN2O4S/c1-15-2-4-19(5-3-15)28(24,25)23-8-6-22(7-9-23)12-16-10-18(21)11-17-13-26-14-27-20(16)17/h2-5,10-11H,6-9,12-14H2,1H3. The van der Waals surface area contributed by atoms with E-state index in [-0.39, 0.29) is 12.6 Å². The molecule has 6 nitrogen and oxygen atoms in total. The van der Waals surface area contributed by atoms with E-state index < -0.39 is 10.0 Å². The van der Waals surface area contributed by atoms with Crippen molar-refractivity contribution in [3.05, 3.63) is 58.9 Å². The first kappa shape index (κ1) is 19.3. The molecule has 0 unspecified atom stereocenters. The number of benzene rings is 2. The van der Waals surface area contributed by atoms with Crippen LogP contribution in [0.4, 0.5) is 4.39 Å². The average Bonchev–Trinajstić information content (AvgIpc) is 2.68. The molecule has 1 saturated heterocycles. The fraction of sp³-hybridized carbons (Fsp3) is 0.400. The number of nitrogens with zero attached hydrogens (tertiary/aromatic N) is 2. The lowest BCUT2D eigenvalue weighted by Gasteiger charge is -2.34. The van der Waals surface area contributed by atoms with Crippen LogP contribution in [-0.4, -0.2) is 50.6 Å². The number of aryl methyl sites for hydroxylation is 1. The maximum Gasteiger partial charge on any atom is 0.243 e. The zero-order valence-corrected chi connectivity index (χ0v) is 16.5. The summed E-state index contributed by atoms with van der Waals surface area (Å²) >= 11 is 0. The van der Waals surface area contributed by atoms with Crippen molar-refractivity contribution in [2.24, 2.45) is 0 Å². The summed E-state index contributed by atoms with van der Waals surface area (Å²) in [5.74, 6) is 0.366. The van der Waals surface area contributed by atoms with E-state index in [4.69, 9.17) is 9.47 Å². The molecule has 0 radical (unpaired) electrons. The Kier molecular flexibility index (Phi) is 5.37. The molecule has 4 rings (SSSR count). The normalized spacial score (nSPS) is 18.5. The van der Waals surface area contributed by atoms with E-state index in [1.165, 1.54) is 16.4 Å². The van der Waals surface area contributed by atoms with Crippen LogP contribution in [0, 0.1) is 12.7 Å². The molecular formula is C20H23FN2O4S. The van der Waals surface area contributed by atoms with Crippen molar-refractivity contribution >= 4 is 10.0 Å². The summed E-state index contributed by atoms with van der Waals surface area (Å²) in [5, 5.41) is 0. The van der Waals surface area contributed by atoms with Gasteiger partial charge in [-0.25, -0.2) is 12.8 Å². The Balaban J connectivity index is 1.44. The van der Waals surface area contributed by atoms with Gasteiger partial charge in [0.05, 0.1) is 11.5 Å². The summed E-state index contributed by atoms with van der Waals surface area (Å²) < 4.78 is 51.9. The number of ether oxygens (including phenoxy) is 2. The van der Waals surface area contributed by atoms with E-state index in [1.54, 1.807) is 24.3 Å². The minimum absolute atomic E-state index is 0.161. The maximum atomic E-state index is 13.9. The molecule has 0 spiro atoms. The molecule has 0 bridgehead atoms. The molecule has 2 aliphatic heterocycles. The molecule has 2 aromatic rings. The summed E-state index contributed by atoms with van der Waals surface area (Å²) in [6.07, 6.45) is 0. The molecular weight excluding hydrogens is 383 g/mol. The van der Waals surface area contributed by atoms with Crippen LogP contribution in [0.2, 0.25) is 0 Å². The number of sulfonamides is 1. The Morgan fingerprint density at radius 1 is 1.07 bits per heavy atom. The number of hydrogen-bond donors (Lipinski definition) is 0. The molecule has 2 aliphatic rings.